The molecule has 0 bridgehead atoms. The average molecular weight is 235 g/mol. The molecule has 0 saturated heterocycles. The van der Waals surface area contributed by atoms with Gasteiger partial charge in [0.05, 0.1) is 0 Å². The van der Waals surface area contributed by atoms with Gasteiger partial charge in [0.25, 0.3) is 0 Å². The monoisotopic (exact) mass is 235 g/mol. The second kappa shape index (κ2) is 15.5. The van der Waals surface area contributed by atoms with Gasteiger partial charge in [-0.3, -0.25) is 0 Å². The lowest BCUT2D eigenvalue weighted by molar-refractivity contribution is 0.571. The summed E-state index contributed by atoms with van der Waals surface area (Å²) in [5, 5.41) is 0. The van der Waals surface area contributed by atoms with Crippen molar-refractivity contribution in [3.63, 3.8) is 0 Å². The fourth-order valence-corrected chi connectivity index (χ4v) is 1.99. The number of hydrogen-bond acceptors (Lipinski definition) is 0. The van der Waals surface area contributed by atoms with Crippen molar-refractivity contribution in [1.29, 1.82) is 0 Å². The second-order valence-electron chi connectivity index (χ2n) is 4.76. The van der Waals surface area contributed by atoms with Gasteiger partial charge >= 0.3 is 0 Å². The van der Waals surface area contributed by atoms with E-state index in [0.29, 0.717) is 0 Å². The maximum absolute atomic E-state index is 3.69. The van der Waals surface area contributed by atoms with Crippen molar-refractivity contribution < 1.29 is 0 Å². The summed E-state index contributed by atoms with van der Waals surface area (Å²) in [4.78, 5) is 0. The zero-order chi connectivity index (χ0) is 12.6. The Kier molecular flexibility index (Phi) is 15.0. The van der Waals surface area contributed by atoms with E-state index in [-0.39, 0.29) is 0 Å². The molecule has 0 aromatic heterocycles. The van der Waals surface area contributed by atoms with Gasteiger partial charge in [0.15, 0.2) is 0 Å². The molecule has 0 saturated carbocycles. The largest absolute Gasteiger partial charge is 0.0888 e. The van der Waals surface area contributed by atoms with Crippen LogP contribution in [0.5, 0.6) is 0 Å². The third-order valence-electron chi connectivity index (χ3n) is 3.06. The molecule has 0 nitrogen and oxygen atoms in total. The minimum atomic E-state index is 1.18. The van der Waals surface area contributed by atoms with E-state index in [0.717, 1.165) is 0 Å². The molecule has 0 amide bonds. The molecular formula is C17H31. The fraction of sp³-hybridized carbons (Fsp3) is 0.706. The highest BCUT2D eigenvalue weighted by Gasteiger charge is 1.91. The van der Waals surface area contributed by atoms with E-state index < -0.39 is 0 Å². The first-order valence-corrected chi connectivity index (χ1v) is 7.51. The van der Waals surface area contributed by atoms with Crippen molar-refractivity contribution in [3.05, 3.63) is 31.2 Å². The van der Waals surface area contributed by atoms with Crippen LogP contribution < -0.4 is 0 Å². The second-order valence-corrected chi connectivity index (χ2v) is 4.76. The number of rotatable bonds is 12. The van der Waals surface area contributed by atoms with E-state index in [9.17, 15) is 0 Å². The Balaban J connectivity index is 2.96. The highest BCUT2D eigenvalue weighted by Crippen LogP contribution is 2.11. The maximum atomic E-state index is 3.69. The van der Waals surface area contributed by atoms with Crippen molar-refractivity contribution in [2.75, 3.05) is 0 Å². The average Bonchev–Trinajstić information content (AvgIpc) is 2.35. The predicted molar refractivity (Wildman–Crippen MR) is 80.1 cm³/mol. The van der Waals surface area contributed by atoms with Gasteiger partial charge in [0.1, 0.15) is 0 Å². The summed E-state index contributed by atoms with van der Waals surface area (Å²) in [6, 6.07) is 0. The van der Waals surface area contributed by atoms with Gasteiger partial charge in [-0.05, 0) is 39.0 Å². The van der Waals surface area contributed by atoms with Crippen LogP contribution in [-0.2, 0) is 0 Å². The predicted octanol–water partition coefficient (Wildman–Crippen LogP) is 6.24. The number of allylic oxidation sites excluding steroid dienone is 4. The van der Waals surface area contributed by atoms with Crippen LogP contribution in [0.4, 0.5) is 0 Å². The Labute approximate surface area is 109 Å². The molecule has 99 valence electrons. The van der Waals surface area contributed by atoms with E-state index in [4.69, 9.17) is 0 Å². The van der Waals surface area contributed by atoms with Gasteiger partial charge in [-0.25, -0.2) is 0 Å². The molecule has 17 heavy (non-hydrogen) atoms. The Morgan fingerprint density at radius 2 is 1.12 bits per heavy atom. The van der Waals surface area contributed by atoms with Crippen molar-refractivity contribution >= 4 is 0 Å². The van der Waals surface area contributed by atoms with Crippen LogP contribution >= 0.6 is 0 Å². The highest BCUT2D eigenvalue weighted by atomic mass is 14.0. The van der Waals surface area contributed by atoms with Crippen molar-refractivity contribution in [3.8, 4) is 0 Å². The Hall–Kier alpha value is -0.520. The molecule has 1 radical (unpaired) electrons. The zero-order valence-electron chi connectivity index (χ0n) is 11.8. The van der Waals surface area contributed by atoms with E-state index in [2.05, 4.69) is 32.1 Å². The quantitative estimate of drug-likeness (QED) is 0.277. The highest BCUT2D eigenvalue weighted by molar-refractivity contribution is 4.83. The number of hydrogen-bond donors (Lipinski definition) is 0. The normalized spacial score (nSPS) is 11.9. The lowest BCUT2D eigenvalue weighted by atomic mass is 10.1. The third-order valence-corrected chi connectivity index (χ3v) is 3.06. The molecule has 0 spiro atoms. The maximum Gasteiger partial charge on any atom is -0.0316 e. The molecular weight excluding hydrogens is 204 g/mol. The van der Waals surface area contributed by atoms with E-state index in [1.165, 1.54) is 70.6 Å². The summed E-state index contributed by atoms with van der Waals surface area (Å²) in [6.45, 7) is 5.89. The van der Waals surface area contributed by atoms with Gasteiger partial charge < -0.3 is 0 Å². The molecule has 0 aromatic carbocycles. The van der Waals surface area contributed by atoms with E-state index >= 15 is 0 Å². The van der Waals surface area contributed by atoms with Gasteiger partial charge in [-0.1, -0.05) is 69.8 Å². The van der Waals surface area contributed by atoms with Crippen LogP contribution in [0.2, 0.25) is 0 Å². The zero-order valence-corrected chi connectivity index (χ0v) is 11.8. The summed E-state index contributed by atoms with van der Waals surface area (Å²) >= 11 is 0. The minimum absolute atomic E-state index is 1.18. The van der Waals surface area contributed by atoms with Crippen LogP contribution in [0.25, 0.3) is 0 Å². The first-order valence-electron chi connectivity index (χ1n) is 7.51. The van der Waals surface area contributed by atoms with Crippen LogP contribution in [0.1, 0.15) is 77.6 Å². The van der Waals surface area contributed by atoms with Crippen molar-refractivity contribution in [2.45, 2.75) is 77.6 Å². The Bertz CT molecular complexity index is 176. The van der Waals surface area contributed by atoms with E-state index in [1.54, 1.807) is 0 Å². The SMILES string of the molecule is [CH2]/C=C/CCCCCCCCCC/C=C/CC. The molecule has 0 aliphatic rings. The minimum Gasteiger partial charge on any atom is -0.0888 e. The van der Waals surface area contributed by atoms with Gasteiger partial charge in [0, 0.05) is 0 Å². The Morgan fingerprint density at radius 1 is 0.647 bits per heavy atom. The molecule has 0 aliphatic heterocycles. The van der Waals surface area contributed by atoms with Gasteiger partial charge in [0.2, 0.25) is 0 Å². The summed E-state index contributed by atoms with van der Waals surface area (Å²) < 4.78 is 0. The number of unbranched alkanes of at least 4 members (excludes halogenated alkanes) is 9. The summed E-state index contributed by atoms with van der Waals surface area (Å²) in [6.07, 6.45) is 23.6. The molecule has 0 atom stereocenters. The van der Waals surface area contributed by atoms with Gasteiger partial charge in [-0.2, -0.15) is 0 Å². The van der Waals surface area contributed by atoms with Crippen LogP contribution in [0, 0.1) is 6.92 Å². The van der Waals surface area contributed by atoms with Crippen LogP contribution in [0.15, 0.2) is 24.3 Å². The molecule has 0 heteroatoms. The Morgan fingerprint density at radius 3 is 1.59 bits per heavy atom. The summed E-state index contributed by atoms with van der Waals surface area (Å²) in [5.74, 6) is 0. The first kappa shape index (κ1) is 16.5. The molecule has 0 rings (SSSR count). The van der Waals surface area contributed by atoms with Crippen LogP contribution in [-0.4, -0.2) is 0 Å². The van der Waals surface area contributed by atoms with Crippen LogP contribution in [0.3, 0.4) is 0 Å². The third kappa shape index (κ3) is 15.5. The standard InChI is InChI=1S/C17H31/c1-3-5-7-9-11-13-15-17-16-14-12-10-8-6-4-2/h3,5-6,8H,1,4,7,9-17H2,2H3/b5-3+,8-6+. The molecule has 0 heterocycles. The molecule has 0 fully saturated rings. The molecule has 0 aromatic rings. The molecule has 0 N–H and O–H groups in total. The first-order chi connectivity index (χ1) is 8.41. The van der Waals surface area contributed by atoms with Crippen molar-refractivity contribution in [1.82, 2.24) is 0 Å². The lowest BCUT2D eigenvalue weighted by Crippen LogP contribution is -1.81. The molecule has 0 unspecified atom stereocenters. The summed E-state index contributed by atoms with van der Waals surface area (Å²) in [7, 11) is 0. The topological polar surface area (TPSA) is 0 Å². The van der Waals surface area contributed by atoms with Gasteiger partial charge in [-0.15, -0.1) is 0 Å². The lowest BCUT2D eigenvalue weighted by Gasteiger charge is -2.00. The smallest absolute Gasteiger partial charge is 0.0316 e. The fourth-order valence-electron chi connectivity index (χ4n) is 1.99. The summed E-state index contributed by atoms with van der Waals surface area (Å²) in [5.41, 5.74) is 0. The molecule has 0 aliphatic carbocycles. The van der Waals surface area contributed by atoms with E-state index in [1.807, 2.05) is 6.08 Å². The van der Waals surface area contributed by atoms with Crippen molar-refractivity contribution in [2.24, 2.45) is 0 Å².